The molecule has 0 bridgehead atoms. The van der Waals surface area contributed by atoms with Crippen LogP contribution in [0.2, 0.25) is 0 Å². The largest absolute Gasteiger partial charge is 0.249 e. The minimum Gasteiger partial charge on any atom is -0.249 e. The Kier molecular flexibility index (Phi) is 4.59. The summed E-state index contributed by atoms with van der Waals surface area (Å²) < 4.78 is 0. The monoisotopic (exact) mass is 211 g/mol. The summed E-state index contributed by atoms with van der Waals surface area (Å²) in [5.74, 6) is 0. The normalized spacial score (nSPS) is 11.9. The summed E-state index contributed by atoms with van der Waals surface area (Å²) >= 11 is 1.70. The predicted octanol–water partition coefficient (Wildman–Crippen LogP) is 4.39. The molecule has 80 valence electrons. The maximum atomic E-state index is 4.41. The second kappa shape index (κ2) is 5.50. The highest BCUT2D eigenvalue weighted by atomic mass is 32.1. The van der Waals surface area contributed by atoms with E-state index >= 15 is 0 Å². The molecule has 1 heterocycles. The first-order valence-electron chi connectivity index (χ1n) is 5.55. The van der Waals surface area contributed by atoms with Crippen LogP contribution < -0.4 is 0 Å². The average Bonchev–Trinajstić information content (AvgIpc) is 2.65. The topological polar surface area (TPSA) is 12.9 Å². The molecule has 1 rings (SSSR count). The molecular formula is C12H21NS. The fourth-order valence-electron chi connectivity index (χ4n) is 1.67. The zero-order valence-corrected chi connectivity index (χ0v) is 10.4. The standard InChI is InChI=1S/C12H21NS/c1-4-5-6-7-8-12(2,3)11-9-14-10-13-11/h9-10H,4-8H2,1-3H3. The maximum Gasteiger partial charge on any atom is 0.0794 e. The van der Waals surface area contributed by atoms with E-state index in [-0.39, 0.29) is 5.41 Å². The molecule has 0 atom stereocenters. The third kappa shape index (κ3) is 3.41. The van der Waals surface area contributed by atoms with Gasteiger partial charge in [-0.05, 0) is 6.42 Å². The van der Waals surface area contributed by atoms with E-state index in [1.54, 1.807) is 11.3 Å². The number of nitrogens with zero attached hydrogens (tertiary/aromatic N) is 1. The molecule has 1 aromatic rings. The van der Waals surface area contributed by atoms with Gasteiger partial charge in [0.05, 0.1) is 11.2 Å². The fraction of sp³-hybridized carbons (Fsp3) is 0.750. The zero-order valence-electron chi connectivity index (χ0n) is 9.55. The Morgan fingerprint density at radius 3 is 2.64 bits per heavy atom. The second-order valence-corrected chi connectivity index (χ2v) is 5.29. The Morgan fingerprint density at radius 2 is 2.07 bits per heavy atom. The second-order valence-electron chi connectivity index (χ2n) is 4.57. The van der Waals surface area contributed by atoms with Crippen LogP contribution in [0.25, 0.3) is 0 Å². The van der Waals surface area contributed by atoms with Gasteiger partial charge in [0.25, 0.3) is 0 Å². The van der Waals surface area contributed by atoms with Gasteiger partial charge >= 0.3 is 0 Å². The van der Waals surface area contributed by atoms with Gasteiger partial charge in [-0.1, -0.05) is 46.5 Å². The van der Waals surface area contributed by atoms with E-state index in [4.69, 9.17) is 0 Å². The van der Waals surface area contributed by atoms with E-state index in [9.17, 15) is 0 Å². The van der Waals surface area contributed by atoms with Crippen LogP contribution in [0.1, 0.15) is 58.6 Å². The molecule has 2 heteroatoms. The summed E-state index contributed by atoms with van der Waals surface area (Å²) in [4.78, 5) is 4.41. The first-order chi connectivity index (χ1) is 6.67. The minimum absolute atomic E-state index is 0.272. The van der Waals surface area contributed by atoms with Gasteiger partial charge in [0.1, 0.15) is 0 Å². The lowest BCUT2D eigenvalue weighted by Crippen LogP contribution is -2.17. The molecule has 0 aliphatic rings. The quantitative estimate of drug-likeness (QED) is 0.636. The molecule has 0 aromatic carbocycles. The molecule has 0 fully saturated rings. The number of hydrogen-bond donors (Lipinski definition) is 0. The zero-order chi connectivity index (χ0) is 10.4. The molecule has 0 N–H and O–H groups in total. The number of unbranched alkanes of at least 4 members (excludes halogenated alkanes) is 3. The average molecular weight is 211 g/mol. The van der Waals surface area contributed by atoms with Crippen LogP contribution in [0.4, 0.5) is 0 Å². The summed E-state index contributed by atoms with van der Waals surface area (Å²) in [6, 6.07) is 0. The van der Waals surface area contributed by atoms with Crippen molar-refractivity contribution in [2.24, 2.45) is 0 Å². The van der Waals surface area contributed by atoms with Crippen molar-refractivity contribution in [2.75, 3.05) is 0 Å². The highest BCUT2D eigenvalue weighted by Crippen LogP contribution is 2.28. The van der Waals surface area contributed by atoms with Gasteiger partial charge in [-0.25, -0.2) is 4.98 Å². The smallest absolute Gasteiger partial charge is 0.0794 e. The highest BCUT2D eigenvalue weighted by molar-refractivity contribution is 7.07. The molecule has 0 spiro atoms. The summed E-state index contributed by atoms with van der Waals surface area (Å²) in [5.41, 5.74) is 3.47. The van der Waals surface area contributed by atoms with Crippen LogP contribution in [0.3, 0.4) is 0 Å². The van der Waals surface area contributed by atoms with Crippen molar-refractivity contribution in [1.82, 2.24) is 4.98 Å². The Balaban J connectivity index is 2.35. The Hall–Kier alpha value is -0.370. The lowest BCUT2D eigenvalue weighted by Gasteiger charge is -2.22. The van der Waals surface area contributed by atoms with Crippen LogP contribution in [0.5, 0.6) is 0 Å². The Morgan fingerprint density at radius 1 is 1.29 bits per heavy atom. The van der Waals surface area contributed by atoms with Gasteiger partial charge in [-0.15, -0.1) is 11.3 Å². The first kappa shape index (κ1) is 11.7. The van der Waals surface area contributed by atoms with Crippen molar-refractivity contribution in [3.63, 3.8) is 0 Å². The van der Waals surface area contributed by atoms with E-state index < -0.39 is 0 Å². The van der Waals surface area contributed by atoms with E-state index in [2.05, 4.69) is 31.1 Å². The molecule has 1 aromatic heterocycles. The molecule has 0 unspecified atom stereocenters. The van der Waals surface area contributed by atoms with Gasteiger partial charge in [-0.3, -0.25) is 0 Å². The number of hydrogen-bond acceptors (Lipinski definition) is 2. The maximum absolute atomic E-state index is 4.41. The van der Waals surface area contributed by atoms with Crippen LogP contribution in [-0.2, 0) is 5.41 Å². The van der Waals surface area contributed by atoms with E-state index in [1.165, 1.54) is 37.8 Å². The fourth-order valence-corrected chi connectivity index (χ4v) is 2.41. The molecular weight excluding hydrogens is 190 g/mol. The van der Waals surface area contributed by atoms with Crippen molar-refractivity contribution in [3.8, 4) is 0 Å². The SMILES string of the molecule is CCCCCCC(C)(C)c1cscn1. The van der Waals surface area contributed by atoms with Crippen LogP contribution >= 0.6 is 11.3 Å². The number of aromatic nitrogens is 1. The van der Waals surface area contributed by atoms with Gasteiger partial charge in [0.15, 0.2) is 0 Å². The Bertz CT molecular complexity index is 239. The van der Waals surface area contributed by atoms with E-state index in [0.717, 1.165) is 0 Å². The molecule has 14 heavy (non-hydrogen) atoms. The lowest BCUT2D eigenvalue weighted by atomic mass is 9.84. The summed E-state index contributed by atoms with van der Waals surface area (Å²) in [5, 5.41) is 2.18. The number of thiazole rings is 1. The lowest BCUT2D eigenvalue weighted by molar-refractivity contribution is 0.437. The molecule has 0 radical (unpaired) electrons. The molecule has 0 amide bonds. The molecule has 0 aliphatic carbocycles. The van der Waals surface area contributed by atoms with E-state index in [1.807, 2.05) is 5.51 Å². The molecule has 0 aliphatic heterocycles. The van der Waals surface area contributed by atoms with Gasteiger partial charge in [0, 0.05) is 10.8 Å². The highest BCUT2D eigenvalue weighted by Gasteiger charge is 2.21. The summed E-state index contributed by atoms with van der Waals surface area (Å²) in [6.45, 7) is 6.85. The first-order valence-corrected chi connectivity index (χ1v) is 6.50. The number of rotatable bonds is 6. The summed E-state index contributed by atoms with van der Waals surface area (Å²) in [6.07, 6.45) is 6.64. The van der Waals surface area contributed by atoms with Crippen molar-refractivity contribution in [3.05, 3.63) is 16.6 Å². The van der Waals surface area contributed by atoms with Crippen LogP contribution in [0, 0.1) is 0 Å². The predicted molar refractivity (Wildman–Crippen MR) is 63.9 cm³/mol. The van der Waals surface area contributed by atoms with Crippen molar-refractivity contribution in [1.29, 1.82) is 0 Å². The molecule has 0 saturated carbocycles. The molecule has 1 nitrogen and oxygen atoms in total. The Labute approximate surface area is 91.6 Å². The summed E-state index contributed by atoms with van der Waals surface area (Å²) in [7, 11) is 0. The van der Waals surface area contributed by atoms with Gasteiger partial charge < -0.3 is 0 Å². The van der Waals surface area contributed by atoms with Crippen molar-refractivity contribution >= 4 is 11.3 Å². The van der Waals surface area contributed by atoms with E-state index in [0.29, 0.717) is 0 Å². The van der Waals surface area contributed by atoms with Gasteiger partial charge in [0.2, 0.25) is 0 Å². The van der Waals surface area contributed by atoms with Crippen molar-refractivity contribution in [2.45, 2.75) is 58.3 Å². The van der Waals surface area contributed by atoms with Crippen LogP contribution in [0.15, 0.2) is 10.9 Å². The third-order valence-electron chi connectivity index (χ3n) is 2.78. The van der Waals surface area contributed by atoms with Gasteiger partial charge in [-0.2, -0.15) is 0 Å². The van der Waals surface area contributed by atoms with Crippen molar-refractivity contribution < 1.29 is 0 Å². The molecule has 0 saturated heterocycles. The minimum atomic E-state index is 0.272. The van der Waals surface area contributed by atoms with Crippen LogP contribution in [-0.4, -0.2) is 4.98 Å². The third-order valence-corrected chi connectivity index (χ3v) is 3.37.